The van der Waals surface area contributed by atoms with E-state index in [1.165, 1.54) is 4.31 Å². The number of hydrogen-bond acceptors (Lipinski definition) is 3. The number of hydrogen-bond donors (Lipinski definition) is 0. The van der Waals surface area contributed by atoms with E-state index in [4.69, 9.17) is 0 Å². The van der Waals surface area contributed by atoms with E-state index in [1.54, 1.807) is 0 Å². The molecule has 0 aliphatic rings. The largest absolute Gasteiger partial charge is 0.308 e. The summed E-state index contributed by atoms with van der Waals surface area (Å²) in [6.45, 7) is 3.07. The first kappa shape index (κ1) is 17.5. The lowest BCUT2D eigenvalue weighted by atomic mass is 10.2. The van der Waals surface area contributed by atoms with Gasteiger partial charge in [-0.15, -0.1) is 0 Å². The SMILES string of the molecule is Cc1cccc(CS(=O)(=O)N(CCN(C)C)c2ccccc2)c1. The topological polar surface area (TPSA) is 40.6 Å². The van der Waals surface area contributed by atoms with Crippen molar-refractivity contribution in [1.82, 2.24) is 4.90 Å². The lowest BCUT2D eigenvalue weighted by molar-refractivity contribution is 0.419. The standard InChI is InChI=1S/C18H24N2O2S/c1-16-8-7-9-17(14-16)15-23(21,22)20(13-12-19(2)3)18-10-5-4-6-11-18/h4-11,14H,12-13,15H2,1-3H3. The fourth-order valence-corrected chi connectivity index (χ4v) is 3.96. The van der Waals surface area contributed by atoms with Gasteiger partial charge in [-0.1, -0.05) is 48.0 Å². The quantitative estimate of drug-likeness (QED) is 0.783. The lowest BCUT2D eigenvalue weighted by Crippen LogP contribution is -2.37. The number of benzene rings is 2. The molecule has 0 aromatic heterocycles. The summed E-state index contributed by atoms with van der Waals surface area (Å²) in [5.41, 5.74) is 2.59. The minimum Gasteiger partial charge on any atom is -0.308 e. The first-order valence-electron chi connectivity index (χ1n) is 7.64. The number of sulfonamides is 1. The van der Waals surface area contributed by atoms with Crippen LogP contribution in [-0.2, 0) is 15.8 Å². The zero-order valence-corrected chi connectivity index (χ0v) is 14.8. The summed E-state index contributed by atoms with van der Waals surface area (Å²) >= 11 is 0. The molecule has 23 heavy (non-hydrogen) atoms. The van der Waals surface area contributed by atoms with Gasteiger partial charge in [-0.25, -0.2) is 8.42 Å². The van der Waals surface area contributed by atoms with E-state index in [1.807, 2.05) is 80.5 Å². The van der Waals surface area contributed by atoms with Gasteiger partial charge in [-0.2, -0.15) is 0 Å². The van der Waals surface area contributed by atoms with Crippen LogP contribution in [0.3, 0.4) is 0 Å². The molecule has 124 valence electrons. The first-order valence-corrected chi connectivity index (χ1v) is 9.25. The molecule has 0 amide bonds. The molecule has 0 radical (unpaired) electrons. The van der Waals surface area contributed by atoms with Crippen molar-refractivity contribution in [2.24, 2.45) is 0 Å². The monoisotopic (exact) mass is 332 g/mol. The van der Waals surface area contributed by atoms with Crippen molar-refractivity contribution >= 4 is 15.7 Å². The molecule has 0 saturated carbocycles. The van der Waals surface area contributed by atoms with Gasteiger partial charge in [0.2, 0.25) is 10.0 Å². The van der Waals surface area contributed by atoms with Crippen molar-refractivity contribution in [2.45, 2.75) is 12.7 Å². The Morgan fingerprint density at radius 2 is 1.61 bits per heavy atom. The van der Waals surface area contributed by atoms with E-state index in [-0.39, 0.29) is 5.75 Å². The van der Waals surface area contributed by atoms with Crippen LogP contribution in [0.5, 0.6) is 0 Å². The van der Waals surface area contributed by atoms with Crippen molar-refractivity contribution < 1.29 is 8.42 Å². The van der Waals surface area contributed by atoms with Gasteiger partial charge in [0.25, 0.3) is 0 Å². The molecule has 0 spiro atoms. The molecule has 2 aromatic carbocycles. The molecule has 0 N–H and O–H groups in total. The van der Waals surface area contributed by atoms with Gasteiger partial charge in [0.05, 0.1) is 11.4 Å². The van der Waals surface area contributed by atoms with Gasteiger partial charge in [0, 0.05) is 13.1 Å². The summed E-state index contributed by atoms with van der Waals surface area (Å²) in [7, 11) is 0.447. The summed E-state index contributed by atoms with van der Waals surface area (Å²) in [5, 5.41) is 0. The van der Waals surface area contributed by atoms with Crippen LogP contribution in [0, 0.1) is 6.92 Å². The third-order valence-corrected chi connectivity index (χ3v) is 5.32. The Bertz CT molecular complexity index is 728. The number of rotatable bonds is 7. The smallest absolute Gasteiger partial charge is 0.239 e. The van der Waals surface area contributed by atoms with Gasteiger partial charge < -0.3 is 4.90 Å². The van der Waals surface area contributed by atoms with E-state index < -0.39 is 10.0 Å². The minimum absolute atomic E-state index is 0.0109. The second kappa shape index (κ2) is 7.62. The maximum atomic E-state index is 12.9. The molecule has 0 heterocycles. The van der Waals surface area contributed by atoms with Crippen molar-refractivity contribution in [2.75, 3.05) is 31.5 Å². The molecule has 0 aliphatic heterocycles. The normalized spacial score (nSPS) is 11.7. The average molecular weight is 332 g/mol. The fraction of sp³-hybridized carbons (Fsp3) is 0.333. The Labute approximate surface area is 139 Å². The number of anilines is 1. The molecule has 4 nitrogen and oxygen atoms in total. The molecule has 2 rings (SSSR count). The second-order valence-corrected chi connectivity index (χ2v) is 7.85. The lowest BCUT2D eigenvalue weighted by Gasteiger charge is -2.26. The zero-order chi connectivity index (χ0) is 16.9. The van der Waals surface area contributed by atoms with Crippen LogP contribution in [0.15, 0.2) is 54.6 Å². The zero-order valence-electron chi connectivity index (χ0n) is 13.9. The molecule has 0 fully saturated rings. The van der Waals surface area contributed by atoms with Crippen molar-refractivity contribution in [3.63, 3.8) is 0 Å². The summed E-state index contributed by atoms with van der Waals surface area (Å²) in [4.78, 5) is 1.98. The predicted molar refractivity (Wildman–Crippen MR) is 96.1 cm³/mol. The Hall–Kier alpha value is -1.85. The van der Waals surface area contributed by atoms with Gasteiger partial charge in [-0.05, 0) is 38.7 Å². The molecule has 0 aliphatic carbocycles. The number of likely N-dealkylation sites (N-methyl/N-ethyl adjacent to an activating group) is 1. The Balaban J connectivity index is 2.29. The summed E-state index contributed by atoms with van der Waals surface area (Å²) in [6.07, 6.45) is 0. The van der Waals surface area contributed by atoms with Crippen LogP contribution >= 0.6 is 0 Å². The summed E-state index contributed by atoms with van der Waals surface area (Å²) in [6, 6.07) is 16.9. The van der Waals surface area contributed by atoms with Crippen LogP contribution in [0.4, 0.5) is 5.69 Å². The second-order valence-electron chi connectivity index (χ2n) is 5.96. The molecule has 2 aromatic rings. The average Bonchev–Trinajstić information content (AvgIpc) is 2.47. The van der Waals surface area contributed by atoms with Crippen LogP contribution in [0.25, 0.3) is 0 Å². The van der Waals surface area contributed by atoms with E-state index in [0.717, 1.165) is 11.1 Å². The maximum Gasteiger partial charge on any atom is 0.239 e. The molecule has 0 unspecified atom stereocenters. The molecule has 5 heteroatoms. The minimum atomic E-state index is -3.43. The third-order valence-electron chi connectivity index (χ3n) is 3.56. The highest BCUT2D eigenvalue weighted by Crippen LogP contribution is 2.20. The first-order chi connectivity index (χ1) is 10.9. The van der Waals surface area contributed by atoms with Gasteiger partial charge in [0.1, 0.15) is 0 Å². The van der Waals surface area contributed by atoms with Gasteiger partial charge in [0.15, 0.2) is 0 Å². The van der Waals surface area contributed by atoms with Gasteiger partial charge in [-0.3, -0.25) is 4.31 Å². The van der Waals surface area contributed by atoms with Gasteiger partial charge >= 0.3 is 0 Å². The molecular weight excluding hydrogens is 308 g/mol. The highest BCUT2D eigenvalue weighted by molar-refractivity contribution is 7.92. The Kier molecular flexibility index (Phi) is 5.80. The summed E-state index contributed by atoms with van der Waals surface area (Å²) in [5.74, 6) is 0.0109. The van der Waals surface area contributed by atoms with E-state index in [2.05, 4.69) is 0 Å². The molecular formula is C18H24N2O2S. The fourth-order valence-electron chi connectivity index (χ4n) is 2.40. The number of aryl methyl sites for hydroxylation is 1. The number of nitrogens with zero attached hydrogens (tertiary/aromatic N) is 2. The van der Waals surface area contributed by atoms with Crippen LogP contribution in [0.2, 0.25) is 0 Å². The maximum absolute atomic E-state index is 12.9. The van der Waals surface area contributed by atoms with Crippen LogP contribution in [0.1, 0.15) is 11.1 Å². The van der Waals surface area contributed by atoms with Crippen molar-refractivity contribution in [3.05, 3.63) is 65.7 Å². The van der Waals surface area contributed by atoms with Crippen molar-refractivity contribution in [1.29, 1.82) is 0 Å². The highest BCUT2D eigenvalue weighted by atomic mass is 32.2. The summed E-state index contributed by atoms with van der Waals surface area (Å²) < 4.78 is 27.4. The molecule has 0 bridgehead atoms. The predicted octanol–water partition coefficient (Wildman–Crippen LogP) is 2.89. The van der Waals surface area contributed by atoms with E-state index in [9.17, 15) is 8.42 Å². The highest BCUT2D eigenvalue weighted by Gasteiger charge is 2.23. The Morgan fingerprint density at radius 3 is 2.22 bits per heavy atom. The van der Waals surface area contributed by atoms with Crippen LogP contribution < -0.4 is 4.31 Å². The molecule has 0 saturated heterocycles. The number of para-hydroxylation sites is 1. The van der Waals surface area contributed by atoms with Crippen molar-refractivity contribution in [3.8, 4) is 0 Å². The Morgan fingerprint density at radius 1 is 0.913 bits per heavy atom. The van der Waals surface area contributed by atoms with E-state index >= 15 is 0 Å². The van der Waals surface area contributed by atoms with Crippen LogP contribution in [-0.4, -0.2) is 40.5 Å². The molecule has 0 atom stereocenters. The van der Waals surface area contributed by atoms with E-state index in [0.29, 0.717) is 18.8 Å². The third kappa shape index (κ3) is 5.08.